The number of aromatic nitrogens is 3. The molecule has 0 aliphatic carbocycles. The number of aryl methyl sites for hydroxylation is 1. The van der Waals surface area contributed by atoms with Crippen LogP contribution in [-0.2, 0) is 6.54 Å². The topological polar surface area (TPSA) is 72.2 Å². The summed E-state index contributed by atoms with van der Waals surface area (Å²) in [5, 5.41) is 3.76. The minimum absolute atomic E-state index is 0.171. The Balaban J connectivity index is 1.73. The fourth-order valence-electron chi connectivity index (χ4n) is 3.19. The van der Waals surface area contributed by atoms with Crippen LogP contribution in [0.2, 0.25) is 0 Å². The fourth-order valence-corrected chi connectivity index (χ4v) is 3.19. The molecule has 0 bridgehead atoms. The molecule has 28 heavy (non-hydrogen) atoms. The molecule has 0 saturated carbocycles. The van der Waals surface area contributed by atoms with Gasteiger partial charge in [0, 0.05) is 12.9 Å². The maximum atomic E-state index is 12.4. The second kappa shape index (κ2) is 7.44. The van der Waals surface area contributed by atoms with Gasteiger partial charge < -0.3 is 0 Å². The number of nitrogens with zero attached hydrogens (tertiary/aromatic N) is 4. The average molecular weight is 369 g/mol. The van der Waals surface area contributed by atoms with Crippen LogP contribution in [0.4, 0.5) is 5.69 Å². The Morgan fingerprint density at radius 1 is 1.07 bits per heavy atom. The molecule has 2 aromatic heterocycles. The fraction of sp³-hybridized carbons (Fsp3) is 0.0909. The van der Waals surface area contributed by atoms with Crippen molar-refractivity contribution < 1.29 is 0 Å². The molecule has 138 valence electrons. The molecule has 6 nitrogen and oxygen atoms in total. The van der Waals surface area contributed by atoms with Crippen LogP contribution in [0.5, 0.6) is 0 Å². The minimum Gasteiger partial charge on any atom is -0.286 e. The van der Waals surface area contributed by atoms with Gasteiger partial charge in [0.15, 0.2) is 5.65 Å². The van der Waals surface area contributed by atoms with Crippen molar-refractivity contribution in [2.45, 2.75) is 13.5 Å². The van der Waals surface area contributed by atoms with Gasteiger partial charge in [0.05, 0.1) is 18.4 Å². The number of pyridine rings is 1. The van der Waals surface area contributed by atoms with Gasteiger partial charge in [0.2, 0.25) is 0 Å². The van der Waals surface area contributed by atoms with Crippen LogP contribution in [0.25, 0.3) is 22.3 Å². The van der Waals surface area contributed by atoms with Gasteiger partial charge >= 0.3 is 0 Å². The zero-order valence-electron chi connectivity index (χ0n) is 15.5. The molecule has 0 aliphatic heterocycles. The van der Waals surface area contributed by atoms with Gasteiger partial charge in [0.25, 0.3) is 5.56 Å². The van der Waals surface area contributed by atoms with Gasteiger partial charge in [0.1, 0.15) is 5.52 Å². The molecule has 0 spiro atoms. The van der Waals surface area contributed by atoms with Crippen molar-refractivity contribution in [1.82, 2.24) is 14.5 Å². The van der Waals surface area contributed by atoms with E-state index < -0.39 is 0 Å². The first-order valence-corrected chi connectivity index (χ1v) is 8.88. The van der Waals surface area contributed by atoms with E-state index in [0.29, 0.717) is 17.7 Å². The molecular formula is C22H19N5O. The Bertz CT molecular complexity index is 1230. The Hall–Kier alpha value is -3.80. The van der Waals surface area contributed by atoms with Crippen molar-refractivity contribution in [2.24, 2.45) is 5.10 Å². The van der Waals surface area contributed by atoms with Crippen molar-refractivity contribution >= 4 is 23.6 Å². The molecular weight excluding hydrogens is 350 g/mol. The first-order chi connectivity index (χ1) is 13.7. The molecule has 4 rings (SSSR count). The molecule has 4 aromatic rings. The summed E-state index contributed by atoms with van der Waals surface area (Å²) in [6.07, 6.45) is 3.01. The standard InChI is InChI=1S/C22H19N5O/c1-15-8-9-18(12-20(15)26-23-2)17-6-3-5-16(11-17)14-27-21(28)13-25-19-7-4-10-24-22(19)27/h3-13,26H,2,14H2,1H3. The second-order valence-electron chi connectivity index (χ2n) is 6.53. The van der Waals surface area contributed by atoms with Crippen molar-refractivity contribution in [1.29, 1.82) is 0 Å². The molecule has 2 aromatic carbocycles. The minimum atomic E-state index is -0.171. The number of anilines is 1. The van der Waals surface area contributed by atoms with E-state index in [1.54, 1.807) is 10.8 Å². The van der Waals surface area contributed by atoms with E-state index >= 15 is 0 Å². The average Bonchev–Trinajstić information content (AvgIpc) is 2.72. The zero-order chi connectivity index (χ0) is 19.5. The molecule has 0 saturated heterocycles. The lowest BCUT2D eigenvalue weighted by Gasteiger charge is -2.11. The smallest absolute Gasteiger partial charge is 0.270 e. The highest BCUT2D eigenvalue weighted by molar-refractivity contribution is 5.71. The van der Waals surface area contributed by atoms with Crippen LogP contribution in [0, 0.1) is 6.92 Å². The van der Waals surface area contributed by atoms with E-state index in [1.807, 2.05) is 49.4 Å². The highest BCUT2D eigenvalue weighted by atomic mass is 16.1. The lowest BCUT2D eigenvalue weighted by atomic mass is 10.0. The molecule has 1 N–H and O–H groups in total. The molecule has 0 radical (unpaired) electrons. The molecule has 0 aliphatic rings. The number of benzene rings is 2. The molecule has 0 amide bonds. The van der Waals surface area contributed by atoms with Crippen LogP contribution >= 0.6 is 0 Å². The summed E-state index contributed by atoms with van der Waals surface area (Å²) < 4.78 is 1.64. The summed E-state index contributed by atoms with van der Waals surface area (Å²) in [4.78, 5) is 20.9. The maximum absolute atomic E-state index is 12.4. The lowest BCUT2D eigenvalue weighted by molar-refractivity contribution is 0.775. The number of hydrogen-bond acceptors (Lipinski definition) is 5. The summed E-state index contributed by atoms with van der Waals surface area (Å²) >= 11 is 0. The third kappa shape index (κ3) is 3.40. The SMILES string of the molecule is C=NNc1cc(-c2cccc(Cn3c(=O)cnc4cccnc43)c2)ccc1C. The third-order valence-corrected chi connectivity index (χ3v) is 4.64. The predicted molar refractivity (Wildman–Crippen MR) is 113 cm³/mol. The van der Waals surface area contributed by atoms with E-state index in [1.165, 1.54) is 6.20 Å². The number of rotatable bonds is 5. The van der Waals surface area contributed by atoms with E-state index in [4.69, 9.17) is 0 Å². The normalized spacial score (nSPS) is 10.8. The largest absolute Gasteiger partial charge is 0.286 e. The Morgan fingerprint density at radius 3 is 2.79 bits per heavy atom. The molecule has 6 heteroatoms. The number of hydrogen-bond donors (Lipinski definition) is 1. The molecule has 0 unspecified atom stereocenters. The van der Waals surface area contributed by atoms with Crippen LogP contribution in [0.1, 0.15) is 11.1 Å². The zero-order valence-corrected chi connectivity index (χ0v) is 15.5. The number of hydrazone groups is 1. The van der Waals surface area contributed by atoms with Gasteiger partial charge in [-0.25, -0.2) is 9.97 Å². The van der Waals surface area contributed by atoms with E-state index in [2.05, 4.69) is 39.3 Å². The number of nitrogens with one attached hydrogen (secondary N) is 1. The van der Waals surface area contributed by atoms with Crippen LogP contribution in [0.15, 0.2) is 76.9 Å². The summed E-state index contributed by atoms with van der Waals surface area (Å²) in [6, 6.07) is 17.9. The summed E-state index contributed by atoms with van der Waals surface area (Å²) in [5.74, 6) is 0. The Labute approximate surface area is 162 Å². The first kappa shape index (κ1) is 17.6. The van der Waals surface area contributed by atoms with Gasteiger partial charge in [-0.2, -0.15) is 5.10 Å². The first-order valence-electron chi connectivity index (χ1n) is 8.88. The van der Waals surface area contributed by atoms with Gasteiger partial charge in [-0.05, 0) is 53.4 Å². The Morgan fingerprint density at radius 2 is 1.93 bits per heavy atom. The summed E-state index contributed by atoms with van der Waals surface area (Å²) in [7, 11) is 0. The van der Waals surface area contributed by atoms with Crippen molar-refractivity contribution in [2.75, 3.05) is 5.43 Å². The molecule has 0 atom stereocenters. The molecule has 0 fully saturated rings. The molecule has 2 heterocycles. The van der Waals surface area contributed by atoms with Crippen molar-refractivity contribution in [3.05, 3.63) is 88.5 Å². The third-order valence-electron chi connectivity index (χ3n) is 4.64. The van der Waals surface area contributed by atoms with Gasteiger partial charge in [-0.1, -0.05) is 30.3 Å². The van der Waals surface area contributed by atoms with Gasteiger partial charge in [-0.3, -0.25) is 14.8 Å². The monoisotopic (exact) mass is 369 g/mol. The van der Waals surface area contributed by atoms with E-state index in [0.717, 1.165) is 27.9 Å². The predicted octanol–water partition coefficient (Wildman–Crippen LogP) is 3.84. The highest BCUT2D eigenvalue weighted by Gasteiger charge is 2.08. The van der Waals surface area contributed by atoms with Crippen molar-refractivity contribution in [3.63, 3.8) is 0 Å². The summed E-state index contributed by atoms with van der Waals surface area (Å²) in [5.41, 5.74) is 9.16. The van der Waals surface area contributed by atoms with E-state index in [-0.39, 0.29) is 5.56 Å². The highest BCUT2D eigenvalue weighted by Crippen LogP contribution is 2.26. The van der Waals surface area contributed by atoms with E-state index in [9.17, 15) is 4.79 Å². The second-order valence-corrected chi connectivity index (χ2v) is 6.53. The van der Waals surface area contributed by atoms with Crippen molar-refractivity contribution in [3.8, 4) is 11.1 Å². The van der Waals surface area contributed by atoms with Crippen LogP contribution < -0.4 is 11.0 Å². The lowest BCUT2D eigenvalue weighted by Crippen LogP contribution is -2.21. The van der Waals surface area contributed by atoms with Crippen LogP contribution in [-0.4, -0.2) is 21.3 Å². The Kier molecular flexibility index (Phi) is 4.68. The number of fused-ring (bicyclic) bond motifs is 1. The maximum Gasteiger partial charge on any atom is 0.270 e. The van der Waals surface area contributed by atoms with Crippen LogP contribution in [0.3, 0.4) is 0 Å². The van der Waals surface area contributed by atoms with Gasteiger partial charge in [-0.15, -0.1) is 0 Å². The summed E-state index contributed by atoms with van der Waals surface area (Å²) in [6.45, 7) is 5.93. The quantitative estimate of drug-likeness (QED) is 0.428.